The van der Waals surface area contributed by atoms with Crippen LogP contribution in [-0.2, 0) is 0 Å². The molecule has 18 heavy (non-hydrogen) atoms. The molecule has 1 unspecified atom stereocenters. The summed E-state index contributed by atoms with van der Waals surface area (Å²) in [6, 6.07) is 1.76. The molecule has 1 aromatic rings. The van der Waals surface area contributed by atoms with Crippen LogP contribution in [0.25, 0.3) is 0 Å². The lowest BCUT2D eigenvalue weighted by atomic mass is 9.95. The average molecular weight is 250 g/mol. The number of nitrogens with two attached hydrogens (primary N) is 2. The van der Waals surface area contributed by atoms with Gasteiger partial charge >= 0.3 is 0 Å². The number of nitrogens with one attached hydrogen (secondary N) is 1. The molecule has 1 heterocycles. The van der Waals surface area contributed by atoms with Gasteiger partial charge in [-0.2, -0.15) is 0 Å². The van der Waals surface area contributed by atoms with Gasteiger partial charge in [0.25, 0.3) is 5.91 Å². The number of hydrogen-bond donors (Lipinski definition) is 3. The first-order valence-electron chi connectivity index (χ1n) is 6.31. The summed E-state index contributed by atoms with van der Waals surface area (Å²) in [5.74, 6) is 0.344. The quantitative estimate of drug-likeness (QED) is 0.719. The molecule has 0 aliphatic rings. The maximum absolute atomic E-state index is 11.4. The van der Waals surface area contributed by atoms with Crippen molar-refractivity contribution in [2.45, 2.75) is 39.7 Å². The summed E-state index contributed by atoms with van der Waals surface area (Å²) in [7, 11) is 0. The van der Waals surface area contributed by atoms with E-state index in [0.717, 1.165) is 12.8 Å². The van der Waals surface area contributed by atoms with Gasteiger partial charge in [-0.15, -0.1) is 0 Å². The second kappa shape index (κ2) is 6.23. The van der Waals surface area contributed by atoms with E-state index in [0.29, 0.717) is 23.0 Å². The van der Waals surface area contributed by atoms with Gasteiger partial charge in [0.05, 0.1) is 17.4 Å². The summed E-state index contributed by atoms with van der Waals surface area (Å²) in [6.45, 7) is 6.41. The van der Waals surface area contributed by atoms with E-state index in [1.807, 2.05) is 0 Å². The zero-order valence-corrected chi connectivity index (χ0v) is 11.2. The van der Waals surface area contributed by atoms with E-state index in [1.165, 1.54) is 6.07 Å². The predicted molar refractivity (Wildman–Crippen MR) is 74.3 cm³/mol. The first-order chi connectivity index (χ1) is 8.49. The molecule has 0 saturated heterocycles. The Kier molecular flexibility index (Phi) is 4.95. The number of rotatable bonds is 6. The molecule has 0 aromatic carbocycles. The molecule has 0 fully saturated rings. The Morgan fingerprint density at radius 2 is 2.06 bits per heavy atom. The molecule has 0 radical (unpaired) electrons. The van der Waals surface area contributed by atoms with Crippen LogP contribution >= 0.6 is 0 Å². The number of anilines is 2. The number of carbonyl (C=O) groups is 1. The smallest absolute Gasteiger partial charge is 0.250 e. The van der Waals surface area contributed by atoms with Crippen molar-refractivity contribution in [3.8, 4) is 0 Å². The molecular weight excluding hydrogens is 228 g/mol. The first kappa shape index (κ1) is 14.3. The minimum absolute atomic E-state index is 0.253. The third-order valence-electron chi connectivity index (χ3n) is 3.33. The van der Waals surface area contributed by atoms with E-state index < -0.39 is 5.91 Å². The summed E-state index contributed by atoms with van der Waals surface area (Å²) in [4.78, 5) is 15.4. The van der Waals surface area contributed by atoms with Crippen molar-refractivity contribution >= 4 is 17.4 Å². The Labute approximate surface area is 108 Å². The Hall–Kier alpha value is -1.78. The molecule has 5 N–H and O–H groups in total. The van der Waals surface area contributed by atoms with Gasteiger partial charge in [-0.25, -0.2) is 4.98 Å². The minimum Gasteiger partial charge on any atom is -0.384 e. The lowest BCUT2D eigenvalue weighted by molar-refractivity contribution is 0.100. The maximum atomic E-state index is 11.4. The summed E-state index contributed by atoms with van der Waals surface area (Å²) >= 11 is 0. The van der Waals surface area contributed by atoms with Crippen LogP contribution in [0.5, 0.6) is 0 Å². The molecular formula is C13H22N4O. The average Bonchev–Trinajstić information content (AvgIpc) is 2.32. The summed E-state index contributed by atoms with van der Waals surface area (Å²) in [5.41, 5.74) is 11.9. The second-order valence-electron chi connectivity index (χ2n) is 4.53. The standard InChI is InChI=1S/C13H22N4O/c1-4-9(5-2)8(3)17-11-7-16-12(14)6-10(11)13(15)18/h6-9,17H,4-5H2,1-3H3,(H2,14,16)(H2,15,18). The van der Waals surface area contributed by atoms with Crippen LogP contribution in [-0.4, -0.2) is 16.9 Å². The molecule has 100 valence electrons. The van der Waals surface area contributed by atoms with Gasteiger partial charge in [0.2, 0.25) is 0 Å². The van der Waals surface area contributed by atoms with Crippen LogP contribution in [0.3, 0.4) is 0 Å². The number of nitrogen functional groups attached to an aromatic ring is 1. The molecule has 1 atom stereocenters. The second-order valence-corrected chi connectivity index (χ2v) is 4.53. The minimum atomic E-state index is -0.497. The van der Waals surface area contributed by atoms with Crippen molar-refractivity contribution < 1.29 is 4.79 Å². The van der Waals surface area contributed by atoms with Crippen LogP contribution in [0, 0.1) is 5.92 Å². The van der Waals surface area contributed by atoms with E-state index in [9.17, 15) is 4.79 Å². The lowest BCUT2D eigenvalue weighted by Gasteiger charge is -2.24. The molecule has 0 aliphatic heterocycles. The maximum Gasteiger partial charge on any atom is 0.250 e. The van der Waals surface area contributed by atoms with Crippen molar-refractivity contribution in [1.82, 2.24) is 4.98 Å². The highest BCUT2D eigenvalue weighted by molar-refractivity contribution is 5.99. The number of aromatic nitrogens is 1. The molecule has 1 amide bonds. The van der Waals surface area contributed by atoms with Gasteiger partial charge in [-0.05, 0) is 18.9 Å². The van der Waals surface area contributed by atoms with E-state index in [-0.39, 0.29) is 6.04 Å². The molecule has 0 aliphatic carbocycles. The molecule has 0 spiro atoms. The van der Waals surface area contributed by atoms with E-state index in [2.05, 4.69) is 31.1 Å². The van der Waals surface area contributed by atoms with Crippen LogP contribution in [0.2, 0.25) is 0 Å². The predicted octanol–water partition coefficient (Wildman–Crippen LogP) is 2.00. The highest BCUT2D eigenvalue weighted by Gasteiger charge is 2.16. The van der Waals surface area contributed by atoms with Gasteiger partial charge in [-0.3, -0.25) is 4.79 Å². The van der Waals surface area contributed by atoms with Crippen molar-refractivity contribution in [3.05, 3.63) is 17.8 Å². The first-order valence-corrected chi connectivity index (χ1v) is 6.31. The fourth-order valence-electron chi connectivity index (χ4n) is 2.15. The lowest BCUT2D eigenvalue weighted by Crippen LogP contribution is -2.27. The fourth-order valence-corrected chi connectivity index (χ4v) is 2.15. The van der Waals surface area contributed by atoms with Crippen molar-refractivity contribution in [1.29, 1.82) is 0 Å². The number of pyridine rings is 1. The van der Waals surface area contributed by atoms with Crippen LogP contribution in [0.4, 0.5) is 11.5 Å². The highest BCUT2D eigenvalue weighted by atomic mass is 16.1. The topological polar surface area (TPSA) is 94.0 Å². The third kappa shape index (κ3) is 3.35. The Morgan fingerprint density at radius 1 is 1.44 bits per heavy atom. The van der Waals surface area contributed by atoms with Crippen LogP contribution in [0.15, 0.2) is 12.3 Å². The van der Waals surface area contributed by atoms with Gasteiger partial charge in [0.1, 0.15) is 5.82 Å². The van der Waals surface area contributed by atoms with E-state index in [4.69, 9.17) is 11.5 Å². The number of primary amides is 1. The number of nitrogens with zero attached hydrogens (tertiary/aromatic N) is 1. The summed E-state index contributed by atoms with van der Waals surface area (Å²) in [6.07, 6.45) is 3.73. The van der Waals surface area contributed by atoms with Crippen LogP contribution in [0.1, 0.15) is 44.0 Å². The Morgan fingerprint density at radius 3 is 2.56 bits per heavy atom. The van der Waals surface area contributed by atoms with Crippen LogP contribution < -0.4 is 16.8 Å². The number of hydrogen-bond acceptors (Lipinski definition) is 4. The largest absolute Gasteiger partial charge is 0.384 e. The normalized spacial score (nSPS) is 12.4. The summed E-state index contributed by atoms with van der Waals surface area (Å²) < 4.78 is 0. The van der Waals surface area contributed by atoms with Crippen molar-refractivity contribution in [3.63, 3.8) is 0 Å². The SMILES string of the molecule is CCC(CC)C(C)Nc1cnc(N)cc1C(N)=O. The monoisotopic (exact) mass is 250 g/mol. The summed E-state index contributed by atoms with van der Waals surface area (Å²) in [5, 5.41) is 3.30. The zero-order valence-electron chi connectivity index (χ0n) is 11.2. The highest BCUT2D eigenvalue weighted by Crippen LogP contribution is 2.21. The van der Waals surface area contributed by atoms with E-state index in [1.54, 1.807) is 6.20 Å². The Balaban J connectivity index is 2.93. The van der Waals surface area contributed by atoms with Gasteiger partial charge in [0, 0.05) is 6.04 Å². The number of amides is 1. The molecule has 5 heteroatoms. The third-order valence-corrected chi connectivity index (χ3v) is 3.33. The van der Waals surface area contributed by atoms with Gasteiger partial charge in [-0.1, -0.05) is 26.7 Å². The molecule has 5 nitrogen and oxygen atoms in total. The Bertz CT molecular complexity index is 415. The van der Waals surface area contributed by atoms with Gasteiger partial charge < -0.3 is 16.8 Å². The number of carbonyl (C=O) groups excluding carboxylic acids is 1. The fraction of sp³-hybridized carbons (Fsp3) is 0.538. The van der Waals surface area contributed by atoms with Gasteiger partial charge in [0.15, 0.2) is 0 Å². The molecule has 1 aromatic heterocycles. The molecule has 1 rings (SSSR count). The van der Waals surface area contributed by atoms with Crippen molar-refractivity contribution in [2.75, 3.05) is 11.1 Å². The van der Waals surface area contributed by atoms with E-state index >= 15 is 0 Å². The van der Waals surface area contributed by atoms with Crippen molar-refractivity contribution in [2.24, 2.45) is 11.7 Å². The molecule has 0 saturated carbocycles. The zero-order chi connectivity index (χ0) is 13.7. The molecule has 0 bridgehead atoms.